The second-order valence-corrected chi connectivity index (χ2v) is 18.6. The molecule has 12 rings (SSSR count). The summed E-state index contributed by atoms with van der Waals surface area (Å²) in [4.78, 5) is 0. The third kappa shape index (κ3) is 6.09. The van der Waals surface area contributed by atoms with Crippen LogP contribution in [0.5, 0.6) is 0 Å². The second kappa shape index (κ2) is 15.1. The topological polar surface area (TPSA) is 0 Å². The molecule has 0 spiro atoms. The van der Waals surface area contributed by atoms with Crippen molar-refractivity contribution in [1.82, 2.24) is 0 Å². The van der Waals surface area contributed by atoms with Crippen molar-refractivity contribution in [2.24, 2.45) is 23.7 Å². The van der Waals surface area contributed by atoms with Crippen LogP contribution in [0.2, 0.25) is 0 Å². The van der Waals surface area contributed by atoms with Gasteiger partial charge in [0.1, 0.15) is 0 Å². The fraction of sp³-hybridized carbons (Fsp3) is 0.267. The third-order valence-corrected chi connectivity index (χ3v) is 15.5. The van der Waals surface area contributed by atoms with Gasteiger partial charge in [-0.25, -0.2) is 0 Å². The van der Waals surface area contributed by atoms with Gasteiger partial charge in [-0.1, -0.05) is 164 Å². The number of hydrogen-bond acceptors (Lipinski definition) is 0. The Morgan fingerprint density at radius 2 is 1.40 bits per heavy atom. The molecule has 0 aromatic heterocycles. The molecule has 9 aliphatic rings. The van der Waals surface area contributed by atoms with Crippen molar-refractivity contribution in [3.05, 3.63) is 236 Å². The van der Waals surface area contributed by atoms with Gasteiger partial charge in [-0.2, -0.15) is 0 Å². The van der Waals surface area contributed by atoms with Gasteiger partial charge in [0.25, 0.3) is 0 Å². The lowest BCUT2D eigenvalue weighted by atomic mass is 9.62. The lowest BCUT2D eigenvalue weighted by molar-refractivity contribution is 0.301. The summed E-state index contributed by atoms with van der Waals surface area (Å²) in [6.07, 6.45) is 55.3. The highest BCUT2D eigenvalue weighted by Crippen LogP contribution is 2.55. The maximum Gasteiger partial charge on any atom is 0.0137 e. The van der Waals surface area contributed by atoms with E-state index in [2.05, 4.69) is 170 Å². The molecule has 0 fully saturated rings. The van der Waals surface area contributed by atoms with Crippen LogP contribution in [0.1, 0.15) is 108 Å². The molecule has 0 radical (unpaired) electrons. The average Bonchev–Trinajstić information content (AvgIpc) is 3.33. The van der Waals surface area contributed by atoms with E-state index >= 15 is 0 Å². The van der Waals surface area contributed by atoms with Gasteiger partial charge in [0, 0.05) is 17.8 Å². The molecule has 9 aliphatic carbocycles. The SMILES string of the molecule is C1=CCC(c2cc3c(c4c2C=C(C2=CC5=C(CC2)C(c2ccccc2)=CC2c6ccccc6C(C6=CCCC=C6)=CC52)CC4)CC(C2C=CC=CC2)C2CC=CC=C32)C=C1. The van der Waals surface area contributed by atoms with Crippen LogP contribution in [0.4, 0.5) is 0 Å². The quantitative estimate of drug-likeness (QED) is 0.242. The number of fused-ring (bicyclic) bond motifs is 9. The summed E-state index contributed by atoms with van der Waals surface area (Å²) in [5, 5.41) is 0. The smallest absolute Gasteiger partial charge is 0.0137 e. The van der Waals surface area contributed by atoms with Crippen molar-refractivity contribution in [2.45, 2.75) is 76.0 Å². The minimum atomic E-state index is 0.309. The minimum Gasteiger partial charge on any atom is -0.0840 e. The van der Waals surface area contributed by atoms with Gasteiger partial charge < -0.3 is 0 Å². The zero-order chi connectivity index (χ0) is 39.6. The fourth-order valence-corrected chi connectivity index (χ4v) is 12.6. The van der Waals surface area contributed by atoms with Gasteiger partial charge >= 0.3 is 0 Å². The van der Waals surface area contributed by atoms with Crippen molar-refractivity contribution in [3.63, 3.8) is 0 Å². The zero-order valence-corrected chi connectivity index (χ0v) is 34.7. The molecule has 0 nitrogen and oxygen atoms in total. The standard InChI is InChI=1S/C60H54/c1-5-17-39(18-6-1)51-35-59-50-32-30-43(33-55(50)54(42-23-11-4-12-24-42)38-57(59)47-27-15-13-25-45(47)51)44-29-31-49-53(41-21-9-3-10-22-41)36-58-48-28-16-14-26-46(48)52(37-60(58)56(49)34-44)40-19-7-2-8-20-40/h1,3-7,9-17,19-23,26-28,33-34,36-39,42,45,51,58,60H,2,8,18,24-25,29-32,35H2. The van der Waals surface area contributed by atoms with E-state index in [4.69, 9.17) is 0 Å². The van der Waals surface area contributed by atoms with Crippen molar-refractivity contribution in [3.8, 4) is 0 Å². The first kappa shape index (κ1) is 36.2. The highest BCUT2D eigenvalue weighted by molar-refractivity contribution is 5.90. The number of allylic oxidation sites excluding steroid dienone is 25. The van der Waals surface area contributed by atoms with Crippen molar-refractivity contribution >= 4 is 22.8 Å². The summed E-state index contributed by atoms with van der Waals surface area (Å²) >= 11 is 0. The van der Waals surface area contributed by atoms with Gasteiger partial charge in [0.15, 0.2) is 0 Å². The summed E-state index contributed by atoms with van der Waals surface area (Å²) in [6.45, 7) is 0. The largest absolute Gasteiger partial charge is 0.0840 e. The predicted molar refractivity (Wildman–Crippen MR) is 253 cm³/mol. The first-order chi connectivity index (χ1) is 29.8. The number of rotatable bonds is 5. The van der Waals surface area contributed by atoms with E-state index in [0.29, 0.717) is 35.5 Å². The lowest BCUT2D eigenvalue weighted by Crippen LogP contribution is -2.32. The maximum absolute atomic E-state index is 2.70. The molecule has 6 unspecified atom stereocenters. The molecule has 0 saturated carbocycles. The van der Waals surface area contributed by atoms with Crippen LogP contribution in [-0.2, 0) is 12.8 Å². The molecule has 0 saturated heterocycles. The van der Waals surface area contributed by atoms with Crippen LogP contribution in [0.3, 0.4) is 0 Å². The number of benzene rings is 3. The van der Waals surface area contributed by atoms with Crippen LogP contribution in [0.15, 0.2) is 192 Å². The molecule has 3 aromatic carbocycles. The monoisotopic (exact) mass is 774 g/mol. The van der Waals surface area contributed by atoms with Crippen molar-refractivity contribution < 1.29 is 0 Å². The Kier molecular flexibility index (Phi) is 9.09. The molecule has 294 valence electrons. The van der Waals surface area contributed by atoms with Crippen LogP contribution in [-0.4, -0.2) is 0 Å². The van der Waals surface area contributed by atoms with Crippen LogP contribution >= 0.6 is 0 Å². The van der Waals surface area contributed by atoms with Crippen LogP contribution in [0, 0.1) is 23.7 Å². The Hall–Kier alpha value is -5.72. The van der Waals surface area contributed by atoms with E-state index in [1.807, 2.05) is 0 Å². The Morgan fingerprint density at radius 3 is 2.25 bits per heavy atom. The molecule has 0 heteroatoms. The Morgan fingerprint density at radius 1 is 0.583 bits per heavy atom. The van der Waals surface area contributed by atoms with E-state index in [9.17, 15) is 0 Å². The van der Waals surface area contributed by atoms with Crippen LogP contribution < -0.4 is 0 Å². The highest BCUT2D eigenvalue weighted by Gasteiger charge is 2.41. The number of hydrogen-bond donors (Lipinski definition) is 0. The average molecular weight is 775 g/mol. The van der Waals surface area contributed by atoms with E-state index in [0.717, 1.165) is 51.4 Å². The first-order valence-electron chi connectivity index (χ1n) is 23.1. The second-order valence-electron chi connectivity index (χ2n) is 18.6. The molecule has 60 heavy (non-hydrogen) atoms. The van der Waals surface area contributed by atoms with E-state index in [1.165, 1.54) is 46.3 Å². The Bertz CT molecular complexity index is 2710. The molecule has 6 atom stereocenters. The molecule has 0 amide bonds. The van der Waals surface area contributed by atoms with E-state index in [-0.39, 0.29) is 0 Å². The minimum absolute atomic E-state index is 0.309. The van der Waals surface area contributed by atoms with E-state index < -0.39 is 0 Å². The Labute approximate surface area is 357 Å². The molecular weight excluding hydrogens is 721 g/mol. The first-order valence-corrected chi connectivity index (χ1v) is 23.1. The van der Waals surface area contributed by atoms with Crippen LogP contribution in [0.25, 0.3) is 22.8 Å². The summed E-state index contributed by atoms with van der Waals surface area (Å²) < 4.78 is 0. The van der Waals surface area contributed by atoms with Gasteiger partial charge in [-0.15, -0.1) is 0 Å². The lowest BCUT2D eigenvalue weighted by Gasteiger charge is -2.42. The maximum atomic E-state index is 2.70. The molecular formula is C60H54. The predicted octanol–water partition coefficient (Wildman–Crippen LogP) is 15.1. The van der Waals surface area contributed by atoms with Gasteiger partial charge in [0.2, 0.25) is 0 Å². The fourth-order valence-electron chi connectivity index (χ4n) is 12.6. The van der Waals surface area contributed by atoms with Gasteiger partial charge in [-0.05, 0) is 177 Å². The molecule has 0 aliphatic heterocycles. The van der Waals surface area contributed by atoms with E-state index in [1.54, 1.807) is 55.7 Å². The summed E-state index contributed by atoms with van der Waals surface area (Å²) in [5.74, 6) is 2.88. The Balaban J connectivity index is 1.00. The van der Waals surface area contributed by atoms with Gasteiger partial charge in [-0.3, -0.25) is 0 Å². The van der Waals surface area contributed by atoms with Crippen molar-refractivity contribution in [1.29, 1.82) is 0 Å². The zero-order valence-electron chi connectivity index (χ0n) is 34.7. The van der Waals surface area contributed by atoms with Crippen molar-refractivity contribution in [2.75, 3.05) is 0 Å². The highest BCUT2D eigenvalue weighted by atomic mass is 14.4. The normalized spacial score (nSPS) is 28.1. The third-order valence-electron chi connectivity index (χ3n) is 15.5. The molecule has 3 aromatic rings. The summed E-state index contributed by atoms with van der Waals surface area (Å²) in [5.41, 5.74) is 24.3. The summed E-state index contributed by atoms with van der Waals surface area (Å²) in [7, 11) is 0. The van der Waals surface area contributed by atoms with Gasteiger partial charge in [0.05, 0.1) is 0 Å². The molecule has 0 heterocycles. The molecule has 0 N–H and O–H groups in total. The summed E-state index contributed by atoms with van der Waals surface area (Å²) in [6, 6.07) is 23.2. The molecule has 0 bridgehead atoms.